The Hall–Kier alpha value is -2.37. The lowest BCUT2D eigenvalue weighted by Gasteiger charge is -2.20. The zero-order chi connectivity index (χ0) is 17.9. The monoisotopic (exact) mass is 350 g/mol. The van der Waals surface area contributed by atoms with Gasteiger partial charge in [-0.25, -0.2) is 4.98 Å². The number of nitrogens with zero attached hydrogens (tertiary/aromatic N) is 3. The first-order valence-electron chi connectivity index (χ1n) is 9.30. The third kappa shape index (κ3) is 3.45. The minimum atomic E-state index is 0.862. The molecule has 3 heterocycles. The molecule has 5 nitrogen and oxygen atoms in total. The summed E-state index contributed by atoms with van der Waals surface area (Å²) in [6, 6.07) is 12.4. The van der Waals surface area contributed by atoms with Crippen molar-refractivity contribution in [3.8, 4) is 17.0 Å². The van der Waals surface area contributed by atoms with E-state index in [-0.39, 0.29) is 0 Å². The van der Waals surface area contributed by atoms with Crippen LogP contribution in [0.4, 0.5) is 0 Å². The van der Waals surface area contributed by atoms with Crippen LogP contribution in [0.25, 0.3) is 16.9 Å². The Morgan fingerprint density at radius 2 is 2.08 bits per heavy atom. The van der Waals surface area contributed by atoms with Crippen molar-refractivity contribution in [2.75, 3.05) is 33.3 Å². The summed E-state index contributed by atoms with van der Waals surface area (Å²) in [5.41, 5.74) is 5.64. The number of methoxy groups -OCH3 is 1. The molecule has 1 aliphatic rings. The van der Waals surface area contributed by atoms with Gasteiger partial charge in [0.25, 0.3) is 0 Å². The molecule has 26 heavy (non-hydrogen) atoms. The predicted molar refractivity (Wildman–Crippen MR) is 105 cm³/mol. The van der Waals surface area contributed by atoms with Crippen LogP contribution in [0.5, 0.6) is 5.75 Å². The van der Waals surface area contributed by atoms with Crippen LogP contribution in [0.15, 0.2) is 42.6 Å². The van der Waals surface area contributed by atoms with E-state index in [1.54, 1.807) is 7.11 Å². The molecule has 0 spiro atoms. The maximum absolute atomic E-state index is 5.42. The number of aryl methyl sites for hydroxylation is 1. The molecule has 0 saturated carbocycles. The molecule has 2 aromatic heterocycles. The fourth-order valence-corrected chi connectivity index (χ4v) is 3.62. The second-order valence-electron chi connectivity index (χ2n) is 6.95. The van der Waals surface area contributed by atoms with Crippen molar-refractivity contribution in [2.24, 2.45) is 0 Å². The van der Waals surface area contributed by atoms with E-state index < -0.39 is 0 Å². The topological polar surface area (TPSA) is 41.8 Å². The van der Waals surface area contributed by atoms with Crippen LogP contribution in [0, 0.1) is 6.92 Å². The van der Waals surface area contributed by atoms with Gasteiger partial charge in [0.1, 0.15) is 11.4 Å². The van der Waals surface area contributed by atoms with Crippen molar-refractivity contribution in [2.45, 2.75) is 19.9 Å². The quantitative estimate of drug-likeness (QED) is 0.785. The summed E-state index contributed by atoms with van der Waals surface area (Å²) in [5, 5.41) is 3.48. The number of fused-ring (bicyclic) bond motifs is 1. The first kappa shape index (κ1) is 17.1. The van der Waals surface area contributed by atoms with E-state index in [0.717, 1.165) is 55.4 Å². The molecule has 5 heteroatoms. The number of hydrogen-bond donors (Lipinski definition) is 1. The van der Waals surface area contributed by atoms with Gasteiger partial charge in [0.05, 0.1) is 18.5 Å². The predicted octanol–water partition coefficient (Wildman–Crippen LogP) is 3.11. The van der Waals surface area contributed by atoms with Crippen LogP contribution in [0.2, 0.25) is 0 Å². The minimum Gasteiger partial charge on any atom is -0.497 e. The fourth-order valence-electron chi connectivity index (χ4n) is 3.62. The van der Waals surface area contributed by atoms with E-state index in [1.807, 2.05) is 12.1 Å². The van der Waals surface area contributed by atoms with Gasteiger partial charge in [-0.15, -0.1) is 0 Å². The van der Waals surface area contributed by atoms with Crippen LogP contribution in [-0.4, -0.2) is 47.6 Å². The summed E-state index contributed by atoms with van der Waals surface area (Å²) in [6.45, 7) is 7.36. The lowest BCUT2D eigenvalue weighted by molar-refractivity contribution is 0.281. The number of aromatic nitrogens is 2. The molecule has 0 amide bonds. The molecule has 1 aliphatic heterocycles. The van der Waals surface area contributed by atoms with Gasteiger partial charge < -0.3 is 14.5 Å². The first-order chi connectivity index (χ1) is 12.7. The van der Waals surface area contributed by atoms with Crippen LogP contribution in [0.1, 0.15) is 17.7 Å². The Labute approximate surface area is 154 Å². The normalized spacial score (nSPS) is 15.9. The maximum Gasteiger partial charge on any atom is 0.137 e. The number of pyridine rings is 1. The zero-order valence-electron chi connectivity index (χ0n) is 15.5. The smallest absolute Gasteiger partial charge is 0.137 e. The van der Waals surface area contributed by atoms with Crippen molar-refractivity contribution in [3.05, 3.63) is 53.9 Å². The third-order valence-electron chi connectivity index (χ3n) is 5.01. The van der Waals surface area contributed by atoms with E-state index in [2.05, 4.69) is 52.0 Å². The van der Waals surface area contributed by atoms with Gasteiger partial charge in [-0.05, 0) is 50.2 Å². The molecule has 136 valence electrons. The molecule has 4 rings (SSSR count). The van der Waals surface area contributed by atoms with Crippen molar-refractivity contribution in [1.29, 1.82) is 0 Å². The number of imidazole rings is 1. The van der Waals surface area contributed by atoms with Gasteiger partial charge in [0, 0.05) is 31.4 Å². The Morgan fingerprint density at radius 3 is 2.96 bits per heavy atom. The lowest BCUT2D eigenvalue weighted by Crippen LogP contribution is -2.28. The average molecular weight is 350 g/mol. The Morgan fingerprint density at radius 1 is 1.15 bits per heavy atom. The Balaban J connectivity index is 1.80. The largest absolute Gasteiger partial charge is 0.497 e. The lowest BCUT2D eigenvalue weighted by atomic mass is 10.1. The molecule has 1 aromatic carbocycles. The van der Waals surface area contributed by atoms with E-state index in [9.17, 15) is 0 Å². The highest BCUT2D eigenvalue weighted by molar-refractivity contribution is 5.68. The Kier molecular flexibility index (Phi) is 4.91. The first-order valence-corrected chi connectivity index (χ1v) is 9.30. The highest BCUT2D eigenvalue weighted by Gasteiger charge is 2.18. The van der Waals surface area contributed by atoms with Gasteiger partial charge in [-0.1, -0.05) is 18.2 Å². The molecule has 1 fully saturated rings. The molecule has 1 N–H and O–H groups in total. The molecule has 0 radical (unpaired) electrons. The summed E-state index contributed by atoms with van der Waals surface area (Å²) in [6.07, 6.45) is 3.38. The van der Waals surface area contributed by atoms with Gasteiger partial charge in [-0.3, -0.25) is 4.90 Å². The van der Waals surface area contributed by atoms with Gasteiger partial charge in [-0.2, -0.15) is 0 Å². The Bertz CT molecular complexity index is 894. The molecular weight excluding hydrogens is 324 g/mol. The van der Waals surface area contributed by atoms with Crippen LogP contribution in [0.3, 0.4) is 0 Å². The number of nitrogens with one attached hydrogen (secondary N) is 1. The number of rotatable bonds is 4. The second kappa shape index (κ2) is 7.48. The summed E-state index contributed by atoms with van der Waals surface area (Å²) in [5.74, 6) is 0.862. The standard InChI is InChI=1S/C21H26N4O/c1-16-7-8-20-23-21(17-5-3-6-18(13-17)26-2)19(25(20)14-16)15-24-11-4-9-22-10-12-24/h3,5-8,13-14,22H,4,9-12,15H2,1-2H3. The highest BCUT2D eigenvalue weighted by Crippen LogP contribution is 2.28. The zero-order valence-corrected chi connectivity index (χ0v) is 15.5. The van der Waals surface area contributed by atoms with Gasteiger partial charge in [0.15, 0.2) is 0 Å². The highest BCUT2D eigenvalue weighted by atomic mass is 16.5. The fraction of sp³-hybridized carbons (Fsp3) is 0.381. The molecule has 0 bridgehead atoms. The van der Waals surface area contributed by atoms with E-state index in [4.69, 9.17) is 9.72 Å². The van der Waals surface area contributed by atoms with Gasteiger partial charge >= 0.3 is 0 Å². The van der Waals surface area contributed by atoms with Crippen molar-refractivity contribution in [1.82, 2.24) is 19.6 Å². The average Bonchev–Trinajstić information content (AvgIpc) is 2.83. The van der Waals surface area contributed by atoms with Crippen molar-refractivity contribution >= 4 is 5.65 Å². The van der Waals surface area contributed by atoms with Crippen LogP contribution < -0.4 is 10.1 Å². The van der Waals surface area contributed by atoms with E-state index >= 15 is 0 Å². The second-order valence-corrected chi connectivity index (χ2v) is 6.95. The summed E-state index contributed by atoms with van der Waals surface area (Å²) < 4.78 is 7.68. The number of benzene rings is 1. The molecule has 1 saturated heterocycles. The van der Waals surface area contributed by atoms with Crippen LogP contribution >= 0.6 is 0 Å². The minimum absolute atomic E-state index is 0.862. The summed E-state index contributed by atoms with van der Waals surface area (Å²) >= 11 is 0. The third-order valence-corrected chi connectivity index (χ3v) is 5.01. The van der Waals surface area contributed by atoms with E-state index in [0.29, 0.717) is 0 Å². The number of hydrogen-bond acceptors (Lipinski definition) is 4. The molecule has 3 aromatic rings. The van der Waals surface area contributed by atoms with Crippen LogP contribution in [-0.2, 0) is 6.54 Å². The summed E-state index contributed by atoms with van der Waals surface area (Å²) in [7, 11) is 1.71. The summed E-state index contributed by atoms with van der Waals surface area (Å²) in [4.78, 5) is 7.48. The van der Waals surface area contributed by atoms with Crippen molar-refractivity contribution < 1.29 is 4.74 Å². The number of ether oxygens (including phenoxy) is 1. The molecule has 0 atom stereocenters. The molecule has 0 unspecified atom stereocenters. The molecular formula is C21H26N4O. The maximum atomic E-state index is 5.42. The van der Waals surface area contributed by atoms with Crippen molar-refractivity contribution in [3.63, 3.8) is 0 Å². The van der Waals surface area contributed by atoms with E-state index in [1.165, 1.54) is 17.7 Å². The molecule has 0 aliphatic carbocycles. The van der Waals surface area contributed by atoms with Gasteiger partial charge in [0.2, 0.25) is 0 Å². The SMILES string of the molecule is COc1cccc(-c2nc3ccc(C)cn3c2CN2CCCNCC2)c1.